The van der Waals surface area contributed by atoms with E-state index in [4.69, 9.17) is 9.47 Å². The summed E-state index contributed by atoms with van der Waals surface area (Å²) < 4.78 is 10.5. The van der Waals surface area contributed by atoms with Crippen LogP contribution in [0, 0.1) is 11.3 Å². The quantitative estimate of drug-likeness (QED) is 0.831. The summed E-state index contributed by atoms with van der Waals surface area (Å²) in [5, 5.41) is 3.59. The molecule has 20 heavy (non-hydrogen) atoms. The summed E-state index contributed by atoms with van der Waals surface area (Å²) >= 11 is 0. The molecule has 112 valence electrons. The van der Waals surface area contributed by atoms with Crippen LogP contribution in [-0.4, -0.2) is 30.7 Å². The molecule has 0 amide bonds. The Morgan fingerprint density at radius 2 is 2.10 bits per heavy atom. The molecule has 1 fully saturated rings. The van der Waals surface area contributed by atoms with Crippen molar-refractivity contribution in [2.24, 2.45) is 11.3 Å². The van der Waals surface area contributed by atoms with Crippen molar-refractivity contribution in [2.45, 2.75) is 39.7 Å². The number of nitrogens with one attached hydrogen (secondary N) is 1. The molecule has 1 N–H and O–H groups in total. The van der Waals surface area contributed by atoms with Gasteiger partial charge in [-0.05, 0) is 30.7 Å². The maximum absolute atomic E-state index is 5.40. The van der Waals surface area contributed by atoms with Crippen molar-refractivity contribution in [2.75, 3.05) is 20.8 Å². The lowest BCUT2D eigenvalue weighted by molar-refractivity contribution is 0.337. The van der Waals surface area contributed by atoms with Crippen LogP contribution in [0.2, 0.25) is 0 Å². The minimum Gasteiger partial charge on any atom is -0.480 e. The maximum Gasteiger partial charge on any atom is 0.240 e. The molecule has 0 aliphatic heterocycles. The number of hydrogen-bond donors (Lipinski definition) is 1. The summed E-state index contributed by atoms with van der Waals surface area (Å²) in [6.07, 6.45) is 3.95. The lowest BCUT2D eigenvalue weighted by atomic mass is 10.0. The molecule has 2 atom stereocenters. The van der Waals surface area contributed by atoms with E-state index in [0.29, 0.717) is 23.1 Å². The summed E-state index contributed by atoms with van der Waals surface area (Å²) in [6.45, 7) is 7.72. The van der Waals surface area contributed by atoms with Crippen LogP contribution in [0.3, 0.4) is 0 Å². The Hall–Kier alpha value is -1.36. The first-order valence-corrected chi connectivity index (χ1v) is 7.21. The van der Waals surface area contributed by atoms with E-state index in [1.165, 1.54) is 6.42 Å². The molecule has 2 rings (SSSR count). The van der Waals surface area contributed by atoms with Gasteiger partial charge in [0.15, 0.2) is 0 Å². The number of methoxy groups -OCH3 is 2. The Labute approximate surface area is 121 Å². The highest BCUT2D eigenvalue weighted by molar-refractivity contribution is 5.28. The third-order valence-electron chi connectivity index (χ3n) is 4.05. The van der Waals surface area contributed by atoms with Gasteiger partial charge in [0.1, 0.15) is 5.69 Å². The van der Waals surface area contributed by atoms with E-state index >= 15 is 0 Å². The second-order valence-corrected chi connectivity index (χ2v) is 6.04. The molecule has 1 aromatic rings. The van der Waals surface area contributed by atoms with Crippen LogP contribution in [0.15, 0.2) is 6.20 Å². The van der Waals surface area contributed by atoms with Gasteiger partial charge in [0.25, 0.3) is 0 Å². The van der Waals surface area contributed by atoms with Crippen LogP contribution < -0.4 is 14.8 Å². The minimum absolute atomic E-state index is 0.193. The van der Waals surface area contributed by atoms with Crippen molar-refractivity contribution in [3.05, 3.63) is 11.9 Å². The van der Waals surface area contributed by atoms with Crippen molar-refractivity contribution in [3.8, 4) is 11.8 Å². The van der Waals surface area contributed by atoms with Crippen molar-refractivity contribution in [1.29, 1.82) is 0 Å². The number of aromatic nitrogens is 2. The van der Waals surface area contributed by atoms with Gasteiger partial charge in [-0.15, -0.1) is 0 Å². The van der Waals surface area contributed by atoms with Crippen LogP contribution in [-0.2, 0) is 0 Å². The average Bonchev–Trinajstić information content (AvgIpc) is 3.08. The highest BCUT2D eigenvalue weighted by Gasteiger charge is 2.51. The van der Waals surface area contributed by atoms with Gasteiger partial charge in [0.2, 0.25) is 11.8 Å². The van der Waals surface area contributed by atoms with Gasteiger partial charge in [-0.3, -0.25) is 0 Å². The van der Waals surface area contributed by atoms with E-state index < -0.39 is 0 Å². The van der Waals surface area contributed by atoms with E-state index in [1.54, 1.807) is 20.4 Å². The number of ether oxygens (including phenoxy) is 2. The maximum atomic E-state index is 5.40. The highest BCUT2D eigenvalue weighted by Crippen LogP contribution is 2.58. The molecule has 1 heterocycles. The third-order valence-corrected chi connectivity index (χ3v) is 4.05. The molecule has 1 saturated carbocycles. The summed E-state index contributed by atoms with van der Waals surface area (Å²) in [7, 11) is 3.21. The molecule has 2 unspecified atom stereocenters. The zero-order chi connectivity index (χ0) is 14.8. The topological polar surface area (TPSA) is 56.3 Å². The molecule has 1 aliphatic carbocycles. The molecule has 0 spiro atoms. The number of hydrogen-bond acceptors (Lipinski definition) is 5. The predicted octanol–water partition coefficient (Wildman–Crippen LogP) is 2.58. The summed E-state index contributed by atoms with van der Waals surface area (Å²) in [5.41, 5.74) is 1.25. The first-order valence-electron chi connectivity index (χ1n) is 7.21. The summed E-state index contributed by atoms with van der Waals surface area (Å²) in [5.74, 6) is 1.61. The van der Waals surface area contributed by atoms with Crippen LogP contribution in [0.25, 0.3) is 0 Å². The first-order chi connectivity index (χ1) is 9.53. The highest BCUT2D eigenvalue weighted by atomic mass is 16.5. The van der Waals surface area contributed by atoms with E-state index in [2.05, 4.69) is 36.1 Å². The van der Waals surface area contributed by atoms with Crippen molar-refractivity contribution >= 4 is 0 Å². The van der Waals surface area contributed by atoms with Gasteiger partial charge in [0, 0.05) is 0 Å². The van der Waals surface area contributed by atoms with Gasteiger partial charge in [-0.2, -0.15) is 4.98 Å². The molecular weight excluding hydrogens is 254 g/mol. The molecule has 5 heteroatoms. The fourth-order valence-electron chi connectivity index (χ4n) is 2.63. The number of nitrogens with zero attached hydrogens (tertiary/aromatic N) is 2. The Kier molecular flexibility index (Phi) is 4.48. The zero-order valence-electron chi connectivity index (χ0n) is 13.1. The summed E-state index contributed by atoms with van der Waals surface area (Å²) in [4.78, 5) is 8.88. The van der Waals surface area contributed by atoms with Crippen LogP contribution in [0.1, 0.15) is 45.3 Å². The molecular formula is C15H25N3O2. The van der Waals surface area contributed by atoms with E-state index in [-0.39, 0.29) is 6.04 Å². The third kappa shape index (κ3) is 3.03. The van der Waals surface area contributed by atoms with Gasteiger partial charge in [0.05, 0.1) is 26.5 Å². The summed E-state index contributed by atoms with van der Waals surface area (Å²) in [6, 6.07) is 0.193. The predicted molar refractivity (Wildman–Crippen MR) is 78.1 cm³/mol. The molecule has 0 radical (unpaired) electrons. The molecule has 1 aromatic heterocycles. The Morgan fingerprint density at radius 3 is 2.60 bits per heavy atom. The minimum atomic E-state index is 0.193. The molecule has 0 bridgehead atoms. The number of rotatable bonds is 7. The molecule has 1 aliphatic rings. The monoisotopic (exact) mass is 279 g/mol. The second-order valence-electron chi connectivity index (χ2n) is 6.04. The average molecular weight is 279 g/mol. The first kappa shape index (κ1) is 15.0. The lowest BCUT2D eigenvalue weighted by Crippen LogP contribution is -2.27. The van der Waals surface area contributed by atoms with Crippen molar-refractivity contribution < 1.29 is 9.47 Å². The normalized spacial score (nSPS) is 21.4. The van der Waals surface area contributed by atoms with Crippen molar-refractivity contribution in [3.63, 3.8) is 0 Å². The van der Waals surface area contributed by atoms with Gasteiger partial charge >= 0.3 is 0 Å². The molecule has 0 saturated heterocycles. The Morgan fingerprint density at radius 1 is 1.40 bits per heavy atom. The van der Waals surface area contributed by atoms with E-state index in [9.17, 15) is 0 Å². The van der Waals surface area contributed by atoms with Gasteiger partial charge in [-0.25, -0.2) is 4.98 Å². The molecule has 5 nitrogen and oxygen atoms in total. The van der Waals surface area contributed by atoms with E-state index in [0.717, 1.165) is 18.7 Å². The fraction of sp³-hybridized carbons (Fsp3) is 0.733. The van der Waals surface area contributed by atoms with Gasteiger partial charge in [-0.1, -0.05) is 20.8 Å². The Balaban J connectivity index is 2.28. The van der Waals surface area contributed by atoms with E-state index in [1.807, 2.05) is 0 Å². The van der Waals surface area contributed by atoms with Crippen molar-refractivity contribution in [1.82, 2.24) is 15.3 Å². The largest absolute Gasteiger partial charge is 0.480 e. The van der Waals surface area contributed by atoms with Crippen LogP contribution in [0.4, 0.5) is 0 Å². The molecule has 0 aromatic carbocycles. The van der Waals surface area contributed by atoms with Crippen LogP contribution >= 0.6 is 0 Å². The Bertz CT molecular complexity index is 462. The smallest absolute Gasteiger partial charge is 0.240 e. The zero-order valence-corrected chi connectivity index (χ0v) is 13.1. The lowest BCUT2D eigenvalue weighted by Gasteiger charge is -2.21. The fourth-order valence-corrected chi connectivity index (χ4v) is 2.63. The standard InChI is InChI=1S/C15H25N3O2/c1-6-7-16-12(10-8-15(10,2)3)13-14(20-5)18-11(19-4)9-17-13/h9-10,12,16H,6-8H2,1-5H3. The van der Waals surface area contributed by atoms with Gasteiger partial charge < -0.3 is 14.8 Å². The van der Waals surface area contributed by atoms with Crippen LogP contribution in [0.5, 0.6) is 11.8 Å². The SMILES string of the molecule is CCCNC(c1ncc(OC)nc1OC)C1CC1(C)C. The second kappa shape index (κ2) is 5.95.